The molecule has 4 amide bonds. The molecule has 10 nitrogen and oxygen atoms in total. The zero-order valence-electron chi connectivity index (χ0n) is 22.7. The predicted molar refractivity (Wildman–Crippen MR) is 148 cm³/mol. The van der Waals surface area contributed by atoms with Crippen molar-refractivity contribution in [3.8, 4) is 5.75 Å². The van der Waals surface area contributed by atoms with E-state index in [1.54, 1.807) is 24.3 Å². The quantitative estimate of drug-likeness (QED) is 0.394. The number of carbonyl (C=O) groups excluding carboxylic acids is 4. The molecule has 2 aromatic rings. The fourth-order valence-electron chi connectivity index (χ4n) is 4.21. The van der Waals surface area contributed by atoms with Gasteiger partial charge in [-0.15, -0.1) is 0 Å². The van der Waals surface area contributed by atoms with Crippen LogP contribution >= 0.6 is 0 Å². The van der Waals surface area contributed by atoms with E-state index in [1.807, 2.05) is 49.3 Å². The fraction of sp³-hybridized carbons (Fsp3) is 0.448. The highest BCUT2D eigenvalue weighted by Gasteiger charge is 2.26. The van der Waals surface area contributed by atoms with Crippen molar-refractivity contribution in [1.29, 1.82) is 0 Å². The van der Waals surface area contributed by atoms with Crippen molar-refractivity contribution in [2.75, 3.05) is 40.3 Å². The van der Waals surface area contributed by atoms with Crippen molar-refractivity contribution >= 4 is 23.6 Å². The lowest BCUT2D eigenvalue weighted by Crippen LogP contribution is -2.50. The summed E-state index contributed by atoms with van der Waals surface area (Å²) in [5.74, 6) is -1.10. The Morgan fingerprint density at radius 3 is 2.54 bits per heavy atom. The SMILES string of the molecule is CN(C)CCCNC(=O)[C@@H]1CCC(=O)N[C@@H](Cc2ccccc2)C(=O)NCCCOc2ccccc2C(=O)N1. The van der Waals surface area contributed by atoms with Crippen LogP contribution in [0.1, 0.15) is 41.6 Å². The van der Waals surface area contributed by atoms with E-state index in [0.717, 1.165) is 18.5 Å². The van der Waals surface area contributed by atoms with Gasteiger partial charge in [0, 0.05) is 25.9 Å². The van der Waals surface area contributed by atoms with Crippen LogP contribution in [-0.2, 0) is 20.8 Å². The van der Waals surface area contributed by atoms with E-state index in [-0.39, 0.29) is 37.2 Å². The normalized spacial score (nSPS) is 19.2. The molecule has 4 N–H and O–H groups in total. The van der Waals surface area contributed by atoms with Crippen molar-refractivity contribution in [3.05, 3.63) is 65.7 Å². The molecule has 3 rings (SSSR count). The van der Waals surface area contributed by atoms with Crippen LogP contribution in [0.3, 0.4) is 0 Å². The minimum atomic E-state index is -0.940. The summed E-state index contributed by atoms with van der Waals surface area (Å²) in [5.41, 5.74) is 1.21. The van der Waals surface area contributed by atoms with Crippen LogP contribution in [0.4, 0.5) is 0 Å². The van der Waals surface area contributed by atoms with Crippen LogP contribution in [0.5, 0.6) is 5.75 Å². The third-order valence-corrected chi connectivity index (χ3v) is 6.31. The number of hydrogen-bond acceptors (Lipinski definition) is 6. The molecule has 2 atom stereocenters. The second kappa shape index (κ2) is 15.5. The van der Waals surface area contributed by atoms with Gasteiger partial charge in [-0.1, -0.05) is 42.5 Å². The van der Waals surface area contributed by atoms with Crippen molar-refractivity contribution in [2.45, 2.75) is 44.2 Å². The van der Waals surface area contributed by atoms with Crippen molar-refractivity contribution in [1.82, 2.24) is 26.2 Å². The Morgan fingerprint density at radius 2 is 1.77 bits per heavy atom. The molecule has 1 aliphatic rings. The maximum atomic E-state index is 13.2. The van der Waals surface area contributed by atoms with Crippen molar-refractivity contribution in [2.24, 2.45) is 0 Å². The molecule has 1 heterocycles. The van der Waals surface area contributed by atoms with Crippen LogP contribution in [-0.4, -0.2) is 80.9 Å². The van der Waals surface area contributed by atoms with Crippen LogP contribution in [0.25, 0.3) is 0 Å². The number of nitrogens with zero attached hydrogens (tertiary/aromatic N) is 1. The molecule has 1 aliphatic heterocycles. The van der Waals surface area contributed by atoms with Gasteiger partial charge in [0.05, 0.1) is 12.2 Å². The van der Waals surface area contributed by atoms with Gasteiger partial charge in [-0.05, 0) is 57.6 Å². The number of hydrogen-bond donors (Lipinski definition) is 4. The number of carbonyl (C=O) groups is 4. The number of fused-ring (bicyclic) bond motifs is 1. The Balaban J connectivity index is 1.77. The molecule has 10 heteroatoms. The summed E-state index contributed by atoms with van der Waals surface area (Å²) in [6, 6.07) is 14.5. The van der Waals surface area contributed by atoms with Gasteiger partial charge in [0.1, 0.15) is 17.8 Å². The Bertz CT molecular complexity index is 1110. The molecule has 0 fully saturated rings. The molecule has 210 valence electrons. The molecule has 0 radical (unpaired) electrons. The third kappa shape index (κ3) is 10.0. The summed E-state index contributed by atoms with van der Waals surface area (Å²) in [7, 11) is 3.90. The van der Waals surface area contributed by atoms with Gasteiger partial charge in [0.25, 0.3) is 5.91 Å². The van der Waals surface area contributed by atoms with Crippen LogP contribution in [0, 0.1) is 0 Å². The lowest BCUT2D eigenvalue weighted by Gasteiger charge is -2.22. The van der Waals surface area contributed by atoms with E-state index < -0.39 is 18.0 Å². The molecule has 0 spiro atoms. The average molecular weight is 538 g/mol. The maximum Gasteiger partial charge on any atom is 0.255 e. The number of benzene rings is 2. The lowest BCUT2D eigenvalue weighted by atomic mass is 10.0. The van der Waals surface area contributed by atoms with Gasteiger partial charge in [-0.3, -0.25) is 19.2 Å². The van der Waals surface area contributed by atoms with E-state index in [0.29, 0.717) is 37.2 Å². The monoisotopic (exact) mass is 537 g/mol. The van der Waals surface area contributed by atoms with E-state index in [2.05, 4.69) is 21.3 Å². The molecule has 0 aliphatic carbocycles. The zero-order chi connectivity index (χ0) is 28.0. The van der Waals surface area contributed by atoms with E-state index >= 15 is 0 Å². The first kappa shape index (κ1) is 29.6. The topological polar surface area (TPSA) is 129 Å². The Hall–Kier alpha value is -3.92. The Labute approximate surface area is 229 Å². The van der Waals surface area contributed by atoms with Gasteiger partial charge < -0.3 is 30.9 Å². The van der Waals surface area contributed by atoms with Crippen molar-refractivity contribution in [3.63, 3.8) is 0 Å². The molecule has 39 heavy (non-hydrogen) atoms. The van der Waals surface area contributed by atoms with Gasteiger partial charge >= 0.3 is 0 Å². The van der Waals surface area contributed by atoms with Crippen LogP contribution in [0.15, 0.2) is 54.6 Å². The second-order valence-corrected chi connectivity index (χ2v) is 9.81. The third-order valence-electron chi connectivity index (χ3n) is 6.31. The minimum absolute atomic E-state index is 0.0488. The number of para-hydroxylation sites is 1. The number of ether oxygens (including phenoxy) is 1. The summed E-state index contributed by atoms with van der Waals surface area (Å²) in [4.78, 5) is 54.2. The second-order valence-electron chi connectivity index (χ2n) is 9.81. The predicted octanol–water partition coefficient (Wildman–Crippen LogP) is 1.26. The highest BCUT2D eigenvalue weighted by molar-refractivity contribution is 5.99. The molecular formula is C29H39N5O5. The highest BCUT2D eigenvalue weighted by atomic mass is 16.5. The average Bonchev–Trinajstić information content (AvgIpc) is 2.92. The molecular weight excluding hydrogens is 498 g/mol. The zero-order valence-corrected chi connectivity index (χ0v) is 22.7. The number of nitrogens with one attached hydrogen (secondary N) is 4. The van der Waals surface area contributed by atoms with Crippen molar-refractivity contribution < 1.29 is 23.9 Å². The molecule has 0 unspecified atom stereocenters. The summed E-state index contributed by atoms with van der Waals surface area (Å²) in [5, 5.41) is 11.3. The summed E-state index contributed by atoms with van der Waals surface area (Å²) < 4.78 is 5.84. The smallest absolute Gasteiger partial charge is 0.255 e. The molecule has 0 saturated carbocycles. The van der Waals surface area contributed by atoms with E-state index in [4.69, 9.17) is 4.74 Å². The van der Waals surface area contributed by atoms with Crippen LogP contribution < -0.4 is 26.0 Å². The Kier molecular flexibility index (Phi) is 11.8. The molecule has 0 aromatic heterocycles. The van der Waals surface area contributed by atoms with Gasteiger partial charge in [-0.25, -0.2) is 0 Å². The number of rotatable bonds is 7. The molecule has 0 saturated heterocycles. The number of amides is 4. The first-order valence-corrected chi connectivity index (χ1v) is 13.4. The minimum Gasteiger partial charge on any atom is -0.493 e. The fourth-order valence-corrected chi connectivity index (χ4v) is 4.21. The van der Waals surface area contributed by atoms with E-state index in [9.17, 15) is 19.2 Å². The Morgan fingerprint density at radius 1 is 1.03 bits per heavy atom. The van der Waals surface area contributed by atoms with Crippen LogP contribution in [0.2, 0.25) is 0 Å². The molecule has 2 aromatic carbocycles. The first-order chi connectivity index (χ1) is 18.8. The molecule has 0 bridgehead atoms. The van der Waals surface area contributed by atoms with Gasteiger partial charge in [-0.2, -0.15) is 0 Å². The standard InChI is InChI=1S/C29H39N5O5/c1-34(2)18-8-16-30-28(37)23-14-15-26(35)32-24(20-21-10-4-3-5-11-21)29(38)31-17-9-19-39-25-13-7-6-12-22(25)27(36)33-23/h3-7,10-13,23-24H,8-9,14-20H2,1-2H3,(H,30,37)(H,31,38)(H,32,35)(H,33,36)/t23-,24-/m0/s1. The lowest BCUT2D eigenvalue weighted by molar-refractivity contribution is -0.129. The van der Waals surface area contributed by atoms with Gasteiger partial charge in [0.2, 0.25) is 17.7 Å². The summed E-state index contributed by atoms with van der Waals surface area (Å²) in [6.45, 7) is 1.87. The summed E-state index contributed by atoms with van der Waals surface area (Å²) >= 11 is 0. The van der Waals surface area contributed by atoms with E-state index in [1.165, 1.54) is 0 Å². The summed E-state index contributed by atoms with van der Waals surface area (Å²) in [6.07, 6.45) is 1.60. The first-order valence-electron chi connectivity index (χ1n) is 13.4. The van der Waals surface area contributed by atoms with Gasteiger partial charge in [0.15, 0.2) is 0 Å². The highest BCUT2D eigenvalue weighted by Crippen LogP contribution is 2.19. The maximum absolute atomic E-state index is 13.2. The largest absolute Gasteiger partial charge is 0.493 e.